The van der Waals surface area contributed by atoms with Gasteiger partial charge < -0.3 is 14.9 Å². The van der Waals surface area contributed by atoms with Crippen LogP contribution < -0.4 is 5.73 Å². The number of benzene rings is 4. The Morgan fingerprint density at radius 2 is 1.71 bits per heavy atom. The first-order valence-electron chi connectivity index (χ1n) is 13.5. The van der Waals surface area contributed by atoms with Gasteiger partial charge in [-0.25, -0.2) is 4.79 Å². The zero-order valence-corrected chi connectivity index (χ0v) is 24.6. The summed E-state index contributed by atoms with van der Waals surface area (Å²) >= 11 is 9.14. The third-order valence-corrected chi connectivity index (χ3v) is 10.4. The lowest BCUT2D eigenvalue weighted by Gasteiger charge is -2.48. The Hall–Kier alpha value is -3.69. The van der Waals surface area contributed by atoms with Crippen molar-refractivity contribution in [3.8, 4) is 0 Å². The summed E-state index contributed by atoms with van der Waals surface area (Å²) in [5.41, 5.74) is 10.5. The second-order valence-electron chi connectivity index (χ2n) is 10.1. The molecule has 2 aliphatic heterocycles. The zero-order chi connectivity index (χ0) is 28.8. The van der Waals surface area contributed by atoms with Crippen molar-refractivity contribution in [2.24, 2.45) is 5.73 Å². The van der Waals surface area contributed by atoms with Crippen molar-refractivity contribution >= 4 is 68.9 Å². The number of furan rings is 1. The maximum Gasteiger partial charge on any atom is 0.356 e. The van der Waals surface area contributed by atoms with Crippen molar-refractivity contribution in [2.45, 2.75) is 28.3 Å². The summed E-state index contributed by atoms with van der Waals surface area (Å²) in [4.78, 5) is 30.1. The van der Waals surface area contributed by atoms with E-state index in [2.05, 4.69) is 0 Å². The average molecular weight is 613 g/mol. The van der Waals surface area contributed by atoms with Gasteiger partial charge >= 0.3 is 5.97 Å². The minimum absolute atomic E-state index is 0.251. The number of hydrogen-bond donors (Lipinski definition) is 1. The highest BCUT2D eigenvalue weighted by Crippen LogP contribution is 2.46. The molecular weight excluding hydrogens is 588 g/mol. The van der Waals surface area contributed by atoms with Crippen LogP contribution in [-0.2, 0) is 20.2 Å². The van der Waals surface area contributed by atoms with Crippen LogP contribution in [0.4, 0.5) is 0 Å². The van der Waals surface area contributed by atoms with Crippen LogP contribution in [0.5, 0.6) is 0 Å². The number of carbonyl (C=O) groups excluding carboxylic acids is 2. The van der Waals surface area contributed by atoms with Crippen LogP contribution >= 0.6 is 35.1 Å². The summed E-state index contributed by atoms with van der Waals surface area (Å²) in [6.45, 7) is 0. The molecule has 2 aliphatic rings. The van der Waals surface area contributed by atoms with Crippen molar-refractivity contribution in [3.05, 3.63) is 124 Å². The number of fused-ring (bicyclic) bond motifs is 4. The van der Waals surface area contributed by atoms with E-state index in [0.29, 0.717) is 11.6 Å². The minimum atomic E-state index is -0.647. The van der Waals surface area contributed by atoms with E-state index in [-0.39, 0.29) is 17.0 Å². The van der Waals surface area contributed by atoms with E-state index in [1.807, 2.05) is 97.1 Å². The number of esters is 1. The number of thioether (sulfide) groups is 2. The monoisotopic (exact) mass is 612 g/mol. The van der Waals surface area contributed by atoms with Gasteiger partial charge in [-0.15, -0.1) is 23.4 Å². The van der Waals surface area contributed by atoms with Gasteiger partial charge in [0.1, 0.15) is 28.3 Å². The summed E-state index contributed by atoms with van der Waals surface area (Å²) < 4.78 is 12.4. The standard InChI is InChI=1S/C33H25ClN2O4S2/c34-17-21-12-7-13-24-23-15-14-22(16-25(23)39-30(21)24)42-26-18-41-32-27(35)31(37)36(32)28(26)33(38)40-29(19-8-3-1-4-9-19)20-10-5-2-6-11-20/h1-16,27,29,32H,17-18,35H2/t27-,32-/m1/s1. The van der Waals surface area contributed by atoms with Gasteiger partial charge in [-0.1, -0.05) is 90.6 Å². The van der Waals surface area contributed by atoms with Gasteiger partial charge in [0.25, 0.3) is 0 Å². The molecule has 0 unspecified atom stereocenters. The summed E-state index contributed by atoms with van der Waals surface area (Å²) in [5, 5.41) is 1.70. The lowest BCUT2D eigenvalue weighted by atomic mass is 10.0. The molecule has 0 saturated carbocycles. The first-order chi connectivity index (χ1) is 20.5. The molecule has 42 heavy (non-hydrogen) atoms. The fourth-order valence-corrected chi connectivity index (χ4v) is 8.11. The minimum Gasteiger partial charge on any atom is -0.456 e. The highest BCUT2D eigenvalue weighted by Gasteiger charge is 2.52. The fourth-order valence-electron chi connectivity index (χ4n) is 5.45. The van der Waals surface area contributed by atoms with Gasteiger partial charge in [0, 0.05) is 31.9 Å². The SMILES string of the molecule is N[C@@H]1C(=O)N2C(C(=O)OC(c3ccccc3)c3ccccc3)=C(Sc3ccc4c(c3)oc3c(CCl)cccc34)CS[C@H]12. The van der Waals surface area contributed by atoms with Gasteiger partial charge in [0.05, 0.1) is 5.88 Å². The lowest BCUT2D eigenvalue weighted by Crippen LogP contribution is -2.68. The molecule has 210 valence electrons. The van der Waals surface area contributed by atoms with Gasteiger partial charge in [-0.3, -0.25) is 9.69 Å². The van der Waals surface area contributed by atoms with Gasteiger partial charge in [0.15, 0.2) is 6.10 Å². The highest BCUT2D eigenvalue weighted by molar-refractivity contribution is 8.06. The molecule has 0 spiro atoms. The highest BCUT2D eigenvalue weighted by atomic mass is 35.5. The van der Waals surface area contributed by atoms with Crippen molar-refractivity contribution in [2.75, 3.05) is 5.75 Å². The molecule has 1 aromatic heterocycles. The molecule has 7 rings (SSSR count). The van der Waals surface area contributed by atoms with Crippen LogP contribution in [0.3, 0.4) is 0 Å². The smallest absolute Gasteiger partial charge is 0.356 e. The van der Waals surface area contributed by atoms with E-state index in [1.165, 1.54) is 16.7 Å². The molecule has 4 aromatic carbocycles. The van der Waals surface area contributed by atoms with E-state index in [0.717, 1.165) is 48.4 Å². The number of ether oxygens (including phenoxy) is 1. The Morgan fingerprint density at radius 3 is 2.40 bits per heavy atom. The predicted molar refractivity (Wildman–Crippen MR) is 168 cm³/mol. The summed E-state index contributed by atoms with van der Waals surface area (Å²) in [6.07, 6.45) is -0.639. The number of β-lactam (4-membered cyclic amide) rings is 1. The molecule has 0 bridgehead atoms. The Bertz CT molecular complexity index is 1820. The van der Waals surface area contributed by atoms with E-state index in [1.54, 1.807) is 11.8 Å². The lowest BCUT2D eigenvalue weighted by molar-refractivity contribution is -0.152. The Kier molecular flexibility index (Phi) is 7.23. The van der Waals surface area contributed by atoms with E-state index >= 15 is 0 Å². The molecule has 2 N–H and O–H groups in total. The van der Waals surface area contributed by atoms with Crippen LogP contribution in [0.1, 0.15) is 22.8 Å². The summed E-state index contributed by atoms with van der Waals surface area (Å²) in [6, 6.07) is 30.5. The average Bonchev–Trinajstić information content (AvgIpc) is 3.41. The van der Waals surface area contributed by atoms with Gasteiger partial charge in [-0.2, -0.15) is 0 Å². The maximum atomic E-state index is 14.0. The van der Waals surface area contributed by atoms with Crippen LogP contribution in [0.2, 0.25) is 0 Å². The number of para-hydroxylation sites is 1. The number of hydrogen-bond acceptors (Lipinski definition) is 7. The van der Waals surface area contributed by atoms with Crippen molar-refractivity contribution in [1.82, 2.24) is 4.90 Å². The molecule has 1 saturated heterocycles. The Balaban J connectivity index is 1.27. The summed E-state index contributed by atoms with van der Waals surface area (Å²) in [7, 11) is 0. The third-order valence-electron chi connectivity index (χ3n) is 7.53. The predicted octanol–water partition coefficient (Wildman–Crippen LogP) is 7.20. The molecule has 6 nitrogen and oxygen atoms in total. The topological polar surface area (TPSA) is 85.8 Å². The Labute approximate surface area is 255 Å². The van der Waals surface area contributed by atoms with Gasteiger partial charge in [0.2, 0.25) is 5.91 Å². The number of nitrogens with zero attached hydrogens (tertiary/aromatic N) is 1. The summed E-state index contributed by atoms with van der Waals surface area (Å²) in [5.74, 6) is 0.0358. The Morgan fingerprint density at radius 1 is 1.00 bits per heavy atom. The number of amides is 1. The molecular formula is C33H25ClN2O4S2. The molecule has 0 aliphatic carbocycles. The molecule has 0 radical (unpaired) electrons. The normalized spacial score (nSPS) is 18.5. The van der Waals surface area contributed by atoms with Crippen molar-refractivity contribution in [3.63, 3.8) is 0 Å². The van der Waals surface area contributed by atoms with Crippen LogP contribution in [0, 0.1) is 0 Å². The molecule has 2 atom stereocenters. The quantitative estimate of drug-likeness (QED) is 0.118. The molecule has 5 aromatic rings. The largest absolute Gasteiger partial charge is 0.456 e. The second-order valence-corrected chi connectivity index (χ2v) is 12.6. The van der Waals surface area contributed by atoms with E-state index in [4.69, 9.17) is 26.5 Å². The number of rotatable bonds is 7. The molecule has 3 heterocycles. The number of nitrogens with two attached hydrogens (primary N) is 1. The van der Waals surface area contributed by atoms with Crippen molar-refractivity contribution < 1.29 is 18.7 Å². The zero-order valence-electron chi connectivity index (χ0n) is 22.2. The van der Waals surface area contributed by atoms with Gasteiger partial charge in [-0.05, 0) is 29.3 Å². The second kappa shape index (κ2) is 11.2. The maximum absolute atomic E-state index is 14.0. The third kappa shape index (κ3) is 4.68. The molecule has 9 heteroatoms. The molecule has 1 amide bonds. The first-order valence-corrected chi connectivity index (χ1v) is 15.9. The van der Waals surface area contributed by atoms with Crippen LogP contribution in [0.25, 0.3) is 21.9 Å². The number of halogens is 1. The first kappa shape index (κ1) is 27.2. The van der Waals surface area contributed by atoms with Crippen LogP contribution in [-0.4, -0.2) is 33.9 Å². The number of alkyl halides is 1. The number of carbonyl (C=O) groups is 2. The fraction of sp³-hybridized carbons (Fsp3) is 0.152. The van der Waals surface area contributed by atoms with Crippen molar-refractivity contribution in [1.29, 1.82) is 0 Å². The van der Waals surface area contributed by atoms with E-state index in [9.17, 15) is 9.59 Å². The van der Waals surface area contributed by atoms with E-state index < -0.39 is 18.1 Å². The van der Waals surface area contributed by atoms with Crippen LogP contribution in [0.15, 0.2) is 117 Å². The molecule has 1 fully saturated rings.